The van der Waals surface area contributed by atoms with Crippen molar-refractivity contribution in [3.05, 3.63) is 29.3 Å². The standard InChI is InChI=1S/C16H28N2O2/c1-12-7-8-15(20-6)14(9-12)13(2)17-10-16(3,19)11-18(4)5/h7-9,13,17,19H,10-11H2,1-6H3. The number of hydrogen-bond donors (Lipinski definition) is 2. The van der Waals surface area contributed by atoms with Gasteiger partial charge in [0.25, 0.3) is 0 Å². The van der Waals surface area contributed by atoms with Gasteiger partial charge in [-0.15, -0.1) is 0 Å². The van der Waals surface area contributed by atoms with E-state index in [0.29, 0.717) is 13.1 Å². The van der Waals surface area contributed by atoms with E-state index < -0.39 is 5.60 Å². The highest BCUT2D eigenvalue weighted by Crippen LogP contribution is 2.26. The van der Waals surface area contributed by atoms with Gasteiger partial charge in [0.05, 0.1) is 12.7 Å². The lowest BCUT2D eigenvalue weighted by Crippen LogP contribution is -2.46. The molecular weight excluding hydrogens is 252 g/mol. The van der Waals surface area contributed by atoms with E-state index in [9.17, 15) is 5.11 Å². The van der Waals surface area contributed by atoms with Crippen LogP contribution in [0.25, 0.3) is 0 Å². The van der Waals surface area contributed by atoms with E-state index in [0.717, 1.165) is 11.3 Å². The van der Waals surface area contributed by atoms with Crippen molar-refractivity contribution in [2.45, 2.75) is 32.4 Å². The molecule has 1 aromatic carbocycles. The molecule has 0 heterocycles. The number of aliphatic hydroxyl groups is 1. The van der Waals surface area contributed by atoms with Gasteiger partial charge in [0.1, 0.15) is 5.75 Å². The zero-order valence-corrected chi connectivity index (χ0v) is 13.5. The fourth-order valence-corrected chi connectivity index (χ4v) is 2.41. The summed E-state index contributed by atoms with van der Waals surface area (Å²) < 4.78 is 5.41. The van der Waals surface area contributed by atoms with Crippen LogP contribution in [-0.4, -0.2) is 49.9 Å². The number of rotatable bonds is 7. The fourth-order valence-electron chi connectivity index (χ4n) is 2.41. The first-order chi connectivity index (χ1) is 9.25. The molecule has 0 aromatic heterocycles. The second kappa shape index (κ2) is 7.07. The summed E-state index contributed by atoms with van der Waals surface area (Å²) in [5.74, 6) is 0.878. The van der Waals surface area contributed by atoms with Crippen molar-refractivity contribution < 1.29 is 9.84 Å². The minimum atomic E-state index is -0.755. The molecule has 4 heteroatoms. The summed E-state index contributed by atoms with van der Waals surface area (Å²) in [6.07, 6.45) is 0. The molecule has 0 saturated carbocycles. The second-order valence-corrected chi connectivity index (χ2v) is 6.08. The average Bonchev–Trinajstić information content (AvgIpc) is 2.34. The Morgan fingerprint density at radius 2 is 2.05 bits per heavy atom. The number of methoxy groups -OCH3 is 1. The number of nitrogens with one attached hydrogen (secondary N) is 1. The lowest BCUT2D eigenvalue weighted by molar-refractivity contribution is 0.0317. The second-order valence-electron chi connectivity index (χ2n) is 6.08. The summed E-state index contributed by atoms with van der Waals surface area (Å²) in [5.41, 5.74) is 1.57. The predicted molar refractivity (Wildman–Crippen MR) is 83.3 cm³/mol. The summed E-state index contributed by atoms with van der Waals surface area (Å²) in [7, 11) is 5.60. The number of aryl methyl sites for hydroxylation is 1. The molecule has 114 valence electrons. The summed E-state index contributed by atoms with van der Waals surface area (Å²) >= 11 is 0. The van der Waals surface area contributed by atoms with Gasteiger partial charge < -0.3 is 20.1 Å². The molecule has 2 unspecified atom stereocenters. The number of likely N-dealkylation sites (N-methyl/N-ethyl adjacent to an activating group) is 1. The largest absolute Gasteiger partial charge is 0.496 e. The van der Waals surface area contributed by atoms with Crippen LogP contribution in [0.4, 0.5) is 0 Å². The highest BCUT2D eigenvalue weighted by atomic mass is 16.5. The third kappa shape index (κ3) is 5.12. The summed E-state index contributed by atoms with van der Waals surface area (Å²) in [5, 5.41) is 13.7. The van der Waals surface area contributed by atoms with E-state index in [1.54, 1.807) is 7.11 Å². The van der Waals surface area contributed by atoms with E-state index in [1.807, 2.05) is 38.1 Å². The first kappa shape index (κ1) is 17.0. The molecule has 0 saturated heterocycles. The van der Waals surface area contributed by atoms with Gasteiger partial charge in [0.15, 0.2) is 0 Å². The van der Waals surface area contributed by atoms with Gasteiger partial charge in [-0.2, -0.15) is 0 Å². The molecule has 0 fully saturated rings. The molecule has 2 N–H and O–H groups in total. The van der Waals surface area contributed by atoms with E-state index in [1.165, 1.54) is 5.56 Å². The smallest absolute Gasteiger partial charge is 0.123 e. The Hall–Kier alpha value is -1.10. The molecular formula is C16H28N2O2. The van der Waals surface area contributed by atoms with E-state index in [4.69, 9.17) is 4.74 Å². The molecule has 1 aromatic rings. The van der Waals surface area contributed by atoms with Crippen molar-refractivity contribution in [3.8, 4) is 5.75 Å². The monoisotopic (exact) mass is 280 g/mol. The molecule has 0 amide bonds. The lowest BCUT2D eigenvalue weighted by atomic mass is 10.0. The molecule has 0 bridgehead atoms. The molecule has 1 rings (SSSR count). The van der Waals surface area contributed by atoms with Crippen LogP contribution in [0.3, 0.4) is 0 Å². The maximum Gasteiger partial charge on any atom is 0.123 e. The third-order valence-electron chi connectivity index (χ3n) is 3.30. The van der Waals surface area contributed by atoms with Crippen LogP contribution in [0.15, 0.2) is 18.2 Å². The normalized spacial score (nSPS) is 16.0. The van der Waals surface area contributed by atoms with Crippen LogP contribution in [0.5, 0.6) is 5.75 Å². The van der Waals surface area contributed by atoms with Gasteiger partial charge in [-0.25, -0.2) is 0 Å². The quantitative estimate of drug-likeness (QED) is 0.801. The van der Waals surface area contributed by atoms with Gasteiger partial charge in [-0.3, -0.25) is 0 Å². The molecule has 20 heavy (non-hydrogen) atoms. The van der Waals surface area contributed by atoms with Crippen LogP contribution >= 0.6 is 0 Å². The van der Waals surface area contributed by atoms with Crippen LogP contribution < -0.4 is 10.1 Å². The number of nitrogens with zero attached hydrogens (tertiary/aromatic N) is 1. The van der Waals surface area contributed by atoms with Crippen molar-refractivity contribution in [1.82, 2.24) is 10.2 Å². The van der Waals surface area contributed by atoms with Crippen molar-refractivity contribution in [2.24, 2.45) is 0 Å². The number of benzene rings is 1. The Labute approximate surface area is 122 Å². The van der Waals surface area contributed by atoms with Gasteiger partial charge in [-0.05, 0) is 40.9 Å². The first-order valence-corrected chi connectivity index (χ1v) is 7.00. The Bertz CT molecular complexity index is 430. The zero-order chi connectivity index (χ0) is 15.3. The van der Waals surface area contributed by atoms with Crippen LogP contribution in [0, 0.1) is 6.92 Å². The minimum absolute atomic E-state index is 0.124. The van der Waals surface area contributed by atoms with Crippen LogP contribution in [-0.2, 0) is 0 Å². The Morgan fingerprint density at radius 3 is 2.60 bits per heavy atom. The van der Waals surface area contributed by atoms with Crippen LogP contribution in [0.1, 0.15) is 31.0 Å². The molecule has 0 aliphatic heterocycles. The van der Waals surface area contributed by atoms with Crippen molar-refractivity contribution in [1.29, 1.82) is 0 Å². The van der Waals surface area contributed by atoms with Gasteiger partial charge in [0.2, 0.25) is 0 Å². The lowest BCUT2D eigenvalue weighted by Gasteiger charge is -2.29. The highest BCUT2D eigenvalue weighted by molar-refractivity contribution is 5.38. The maximum absolute atomic E-state index is 10.3. The third-order valence-corrected chi connectivity index (χ3v) is 3.30. The van der Waals surface area contributed by atoms with Gasteiger partial charge >= 0.3 is 0 Å². The molecule has 0 aliphatic rings. The highest BCUT2D eigenvalue weighted by Gasteiger charge is 2.22. The Balaban J connectivity index is 2.72. The van der Waals surface area contributed by atoms with E-state index in [-0.39, 0.29) is 6.04 Å². The van der Waals surface area contributed by atoms with E-state index >= 15 is 0 Å². The number of ether oxygens (including phenoxy) is 1. The predicted octanol–water partition coefficient (Wildman–Crippen LogP) is 1.97. The molecule has 2 atom stereocenters. The van der Waals surface area contributed by atoms with Gasteiger partial charge in [0, 0.05) is 24.7 Å². The molecule has 4 nitrogen and oxygen atoms in total. The molecule has 0 aliphatic carbocycles. The molecule has 0 radical (unpaired) electrons. The van der Waals surface area contributed by atoms with Crippen molar-refractivity contribution in [2.75, 3.05) is 34.3 Å². The summed E-state index contributed by atoms with van der Waals surface area (Å²) in [4.78, 5) is 1.99. The Morgan fingerprint density at radius 1 is 1.40 bits per heavy atom. The Kier molecular flexibility index (Phi) is 5.99. The van der Waals surface area contributed by atoms with Crippen LogP contribution in [0.2, 0.25) is 0 Å². The topological polar surface area (TPSA) is 44.7 Å². The summed E-state index contributed by atoms with van der Waals surface area (Å²) in [6, 6.07) is 6.27. The van der Waals surface area contributed by atoms with Crippen molar-refractivity contribution >= 4 is 0 Å². The number of hydrogen-bond acceptors (Lipinski definition) is 4. The van der Waals surface area contributed by atoms with Gasteiger partial charge in [-0.1, -0.05) is 17.7 Å². The van der Waals surface area contributed by atoms with E-state index in [2.05, 4.69) is 25.2 Å². The average molecular weight is 280 g/mol. The fraction of sp³-hybridized carbons (Fsp3) is 0.625. The summed E-state index contributed by atoms with van der Waals surface area (Å²) in [6.45, 7) is 7.15. The minimum Gasteiger partial charge on any atom is -0.496 e. The zero-order valence-electron chi connectivity index (χ0n) is 13.5. The maximum atomic E-state index is 10.3. The first-order valence-electron chi connectivity index (χ1n) is 7.00. The SMILES string of the molecule is COc1ccc(C)cc1C(C)NCC(C)(O)CN(C)C. The van der Waals surface area contributed by atoms with Crippen molar-refractivity contribution in [3.63, 3.8) is 0 Å². The molecule has 0 spiro atoms.